The summed E-state index contributed by atoms with van der Waals surface area (Å²) < 4.78 is 10.4. The van der Waals surface area contributed by atoms with Crippen molar-refractivity contribution in [3.8, 4) is 22.4 Å². The molecule has 242 valence electrons. The minimum Gasteiger partial charge on any atom is -0.453 e. The zero-order valence-corrected chi connectivity index (χ0v) is 27.1. The highest BCUT2D eigenvalue weighted by Crippen LogP contribution is 2.43. The lowest BCUT2D eigenvalue weighted by atomic mass is 9.96. The molecule has 2 atom stereocenters. The number of aryl methyl sites for hydroxylation is 1. The topological polar surface area (TPSA) is 141 Å². The lowest BCUT2D eigenvalue weighted by Crippen LogP contribution is -2.33. The number of hydrogen-bond acceptors (Lipinski definition) is 6. The standard InChI is InChI=1S/C35H38N8O4/c1-6-36-33(44)21-9-7-20(8-10-21)30-28(22-11-14-26-23(15-22)17-38-43(26)19(2)3)29-31-27(18-37-32(29)40-30)41(4)35(46)42(31)25-13-12-24(16-25)39-34(45)47-5/h7-11,14-15,17-19,24-25H,6,12-13,16H2,1-5H3,(H,36,44)(H,37,40)(H,39,45)/t24-,25-/m1/s1. The van der Waals surface area contributed by atoms with Crippen LogP contribution in [0.3, 0.4) is 0 Å². The molecule has 3 N–H and O–H groups in total. The molecule has 12 nitrogen and oxygen atoms in total. The van der Waals surface area contributed by atoms with Gasteiger partial charge in [0.15, 0.2) is 0 Å². The summed E-state index contributed by atoms with van der Waals surface area (Å²) in [6, 6.07) is 13.8. The van der Waals surface area contributed by atoms with E-state index >= 15 is 0 Å². The van der Waals surface area contributed by atoms with Crippen LogP contribution in [0.5, 0.6) is 0 Å². The van der Waals surface area contributed by atoms with Crippen LogP contribution in [0.1, 0.15) is 62.5 Å². The number of carbonyl (C=O) groups is 2. The number of imidazole rings is 1. The Balaban J connectivity index is 1.47. The largest absolute Gasteiger partial charge is 0.453 e. The highest BCUT2D eigenvalue weighted by Gasteiger charge is 2.32. The van der Waals surface area contributed by atoms with Crippen molar-refractivity contribution in [3.63, 3.8) is 0 Å². The second-order valence-electron chi connectivity index (χ2n) is 12.5. The van der Waals surface area contributed by atoms with Gasteiger partial charge in [0, 0.05) is 48.2 Å². The smallest absolute Gasteiger partial charge is 0.407 e. The van der Waals surface area contributed by atoms with Crippen molar-refractivity contribution in [1.29, 1.82) is 0 Å². The molecule has 12 heteroatoms. The van der Waals surface area contributed by atoms with Crippen LogP contribution in [-0.2, 0) is 11.8 Å². The molecule has 47 heavy (non-hydrogen) atoms. The number of amides is 2. The fourth-order valence-electron chi connectivity index (χ4n) is 7.04. The molecule has 4 aromatic heterocycles. The first-order valence-corrected chi connectivity index (χ1v) is 16.0. The third kappa shape index (κ3) is 5.04. The summed E-state index contributed by atoms with van der Waals surface area (Å²) in [6.45, 7) is 6.65. The number of alkyl carbamates (subject to hydrolysis) is 1. The van der Waals surface area contributed by atoms with E-state index in [-0.39, 0.29) is 29.7 Å². The number of aromatic amines is 1. The first-order valence-electron chi connectivity index (χ1n) is 16.0. The first-order chi connectivity index (χ1) is 22.7. The van der Waals surface area contributed by atoms with E-state index < -0.39 is 6.09 Å². The number of fused-ring (bicyclic) bond motifs is 4. The molecule has 6 aromatic rings. The summed E-state index contributed by atoms with van der Waals surface area (Å²) in [4.78, 5) is 46.9. The normalized spacial score (nSPS) is 16.5. The van der Waals surface area contributed by atoms with Gasteiger partial charge in [-0.3, -0.25) is 18.6 Å². The maximum absolute atomic E-state index is 14.0. The number of ether oxygens (including phenoxy) is 1. The average molecular weight is 635 g/mol. The van der Waals surface area contributed by atoms with E-state index in [0.717, 1.165) is 62.5 Å². The lowest BCUT2D eigenvalue weighted by molar-refractivity contribution is 0.0955. The van der Waals surface area contributed by atoms with Crippen LogP contribution in [-0.4, -0.2) is 60.6 Å². The molecular formula is C35H38N8O4. The maximum atomic E-state index is 14.0. The number of benzene rings is 2. The fraction of sp³-hybridized carbons (Fsp3) is 0.343. The van der Waals surface area contributed by atoms with Gasteiger partial charge in [0.2, 0.25) is 0 Å². The van der Waals surface area contributed by atoms with Gasteiger partial charge in [-0.15, -0.1) is 0 Å². The molecule has 2 amide bonds. The first kappa shape index (κ1) is 30.3. The highest BCUT2D eigenvalue weighted by molar-refractivity contribution is 6.15. The van der Waals surface area contributed by atoms with E-state index in [1.165, 1.54) is 7.11 Å². The zero-order valence-electron chi connectivity index (χ0n) is 27.1. The fourth-order valence-corrected chi connectivity index (χ4v) is 7.04. The molecule has 7 rings (SSSR count). The summed E-state index contributed by atoms with van der Waals surface area (Å²) >= 11 is 0. The van der Waals surface area contributed by atoms with E-state index in [1.54, 1.807) is 17.8 Å². The SMILES string of the molecule is CCNC(=O)c1ccc(-c2[nH]c3ncc4c(c3c2-c2ccc3c(cnn3C(C)C)c2)n([C@@H]2CC[C@@H](NC(=O)OC)C2)c(=O)n4C)cc1. The number of H-pyrrole nitrogens is 1. The van der Waals surface area contributed by atoms with Crippen LogP contribution in [0, 0.1) is 0 Å². The Morgan fingerprint density at radius 3 is 2.55 bits per heavy atom. The molecule has 0 aliphatic heterocycles. The number of carbonyl (C=O) groups excluding carboxylic acids is 2. The Morgan fingerprint density at radius 1 is 1.06 bits per heavy atom. The van der Waals surface area contributed by atoms with Crippen molar-refractivity contribution in [2.45, 2.75) is 58.2 Å². The van der Waals surface area contributed by atoms with Crippen LogP contribution in [0.25, 0.3) is 55.4 Å². The van der Waals surface area contributed by atoms with Gasteiger partial charge in [-0.25, -0.2) is 14.6 Å². The molecule has 2 aromatic carbocycles. The maximum Gasteiger partial charge on any atom is 0.407 e. The van der Waals surface area contributed by atoms with Gasteiger partial charge in [0.05, 0.1) is 47.1 Å². The van der Waals surface area contributed by atoms with Crippen molar-refractivity contribution in [1.82, 2.24) is 39.5 Å². The van der Waals surface area contributed by atoms with Crippen molar-refractivity contribution in [3.05, 3.63) is 70.9 Å². The van der Waals surface area contributed by atoms with Crippen LogP contribution < -0.4 is 16.3 Å². The van der Waals surface area contributed by atoms with Crippen molar-refractivity contribution < 1.29 is 14.3 Å². The summed E-state index contributed by atoms with van der Waals surface area (Å²) in [5.74, 6) is -0.128. The Bertz CT molecular complexity index is 2220. The number of methoxy groups -OCH3 is 1. The number of rotatable bonds is 7. The van der Waals surface area contributed by atoms with Crippen LogP contribution in [0.2, 0.25) is 0 Å². The third-order valence-corrected chi connectivity index (χ3v) is 9.29. The molecule has 1 fully saturated rings. The number of hydrogen-bond donors (Lipinski definition) is 3. The van der Waals surface area contributed by atoms with Crippen LogP contribution in [0.15, 0.2) is 59.7 Å². The number of nitrogens with zero attached hydrogens (tertiary/aromatic N) is 5. The van der Waals surface area contributed by atoms with E-state index in [9.17, 15) is 14.4 Å². The van der Waals surface area contributed by atoms with E-state index in [2.05, 4.69) is 52.8 Å². The van der Waals surface area contributed by atoms with Gasteiger partial charge in [-0.1, -0.05) is 18.2 Å². The van der Waals surface area contributed by atoms with Crippen molar-refractivity contribution in [2.75, 3.05) is 13.7 Å². The molecule has 0 unspecified atom stereocenters. The number of pyridine rings is 1. The Kier molecular flexibility index (Phi) is 7.57. The zero-order chi connectivity index (χ0) is 33.0. The molecular weight excluding hydrogens is 596 g/mol. The van der Waals surface area contributed by atoms with E-state index in [4.69, 9.17) is 9.72 Å². The Morgan fingerprint density at radius 2 is 1.83 bits per heavy atom. The lowest BCUT2D eigenvalue weighted by Gasteiger charge is -2.15. The van der Waals surface area contributed by atoms with Crippen LogP contribution in [0.4, 0.5) is 4.79 Å². The van der Waals surface area contributed by atoms with Crippen molar-refractivity contribution in [2.24, 2.45) is 7.05 Å². The van der Waals surface area contributed by atoms with Gasteiger partial charge in [-0.05, 0) is 75.4 Å². The highest BCUT2D eigenvalue weighted by atomic mass is 16.5. The monoisotopic (exact) mass is 634 g/mol. The van der Waals surface area contributed by atoms with Gasteiger partial charge in [0.25, 0.3) is 5.91 Å². The molecule has 0 bridgehead atoms. The third-order valence-electron chi connectivity index (χ3n) is 9.29. The molecule has 0 saturated heterocycles. The van der Waals surface area contributed by atoms with Gasteiger partial charge < -0.3 is 20.4 Å². The van der Waals surface area contributed by atoms with Gasteiger partial charge in [-0.2, -0.15) is 5.10 Å². The summed E-state index contributed by atoms with van der Waals surface area (Å²) in [5.41, 5.74) is 7.20. The average Bonchev–Trinajstić information content (AvgIpc) is 3.85. The summed E-state index contributed by atoms with van der Waals surface area (Å²) in [6.07, 6.45) is 5.22. The quantitative estimate of drug-likeness (QED) is 0.206. The van der Waals surface area contributed by atoms with Crippen LogP contribution >= 0.6 is 0 Å². The van der Waals surface area contributed by atoms with Crippen molar-refractivity contribution >= 4 is 45.0 Å². The molecule has 0 radical (unpaired) electrons. The molecule has 4 heterocycles. The minimum atomic E-state index is -0.473. The predicted octanol–water partition coefficient (Wildman–Crippen LogP) is 5.68. The summed E-state index contributed by atoms with van der Waals surface area (Å²) in [5, 5.41) is 12.2. The van der Waals surface area contributed by atoms with Gasteiger partial charge in [0.1, 0.15) is 5.65 Å². The second-order valence-corrected chi connectivity index (χ2v) is 12.5. The molecule has 0 spiro atoms. The summed E-state index contributed by atoms with van der Waals surface area (Å²) in [7, 11) is 3.12. The second kappa shape index (κ2) is 11.8. The van der Waals surface area contributed by atoms with Gasteiger partial charge >= 0.3 is 11.8 Å². The Hall–Kier alpha value is -5.39. The molecule has 1 aliphatic carbocycles. The molecule has 1 aliphatic rings. The minimum absolute atomic E-state index is 0.100. The number of nitrogens with one attached hydrogen (secondary N) is 3. The van der Waals surface area contributed by atoms with E-state index in [1.807, 2.05) is 46.6 Å². The Labute approximate surface area is 270 Å². The molecule has 1 saturated carbocycles. The number of aromatic nitrogens is 6. The van der Waals surface area contributed by atoms with E-state index in [0.29, 0.717) is 24.2 Å². The predicted molar refractivity (Wildman–Crippen MR) is 182 cm³/mol.